The number of H-pyrrole nitrogens is 1. The Bertz CT molecular complexity index is 639. The Kier molecular flexibility index (Phi) is 4.19. The van der Waals surface area contributed by atoms with E-state index in [4.69, 9.17) is 11.6 Å². The third kappa shape index (κ3) is 3.53. The molecule has 1 atom stereocenters. The van der Waals surface area contributed by atoms with Crippen LogP contribution < -0.4 is 5.56 Å². The number of hydrogen-bond donors (Lipinski definition) is 2. The van der Waals surface area contributed by atoms with Gasteiger partial charge >= 0.3 is 0 Å². The van der Waals surface area contributed by atoms with Crippen LogP contribution in [0.1, 0.15) is 12.7 Å². The van der Waals surface area contributed by atoms with E-state index in [0.29, 0.717) is 34.8 Å². The van der Waals surface area contributed by atoms with E-state index in [1.807, 2.05) is 11.9 Å². The first kappa shape index (κ1) is 14.0. The van der Waals surface area contributed by atoms with Crippen molar-refractivity contribution in [3.63, 3.8) is 0 Å². The molecule has 0 aliphatic rings. The first-order valence-electron chi connectivity index (χ1n) is 6.01. The van der Waals surface area contributed by atoms with Gasteiger partial charge in [-0.3, -0.25) is 9.69 Å². The zero-order valence-corrected chi connectivity index (χ0v) is 11.6. The largest absolute Gasteiger partial charge is 0.392 e. The van der Waals surface area contributed by atoms with Crippen LogP contribution in [0.2, 0.25) is 5.02 Å². The number of nitrogens with zero attached hydrogens (tertiary/aromatic N) is 2. The number of nitrogens with one attached hydrogen (secondary N) is 1. The number of benzene rings is 1. The third-order valence-corrected chi connectivity index (χ3v) is 2.95. The Morgan fingerprint density at radius 3 is 2.95 bits per heavy atom. The second-order valence-electron chi connectivity index (χ2n) is 4.72. The van der Waals surface area contributed by atoms with Gasteiger partial charge in [-0.05, 0) is 32.2 Å². The predicted octanol–water partition coefficient (Wildman–Crippen LogP) is 1.39. The number of aliphatic hydroxyl groups excluding tert-OH is 1. The van der Waals surface area contributed by atoms with Crippen LogP contribution in [0.4, 0.5) is 0 Å². The molecule has 0 saturated carbocycles. The lowest BCUT2D eigenvalue weighted by atomic mass is 10.2. The summed E-state index contributed by atoms with van der Waals surface area (Å²) in [5.74, 6) is 0.572. The van der Waals surface area contributed by atoms with Crippen molar-refractivity contribution in [1.29, 1.82) is 0 Å². The lowest BCUT2D eigenvalue weighted by Gasteiger charge is -2.17. The molecule has 2 N–H and O–H groups in total. The monoisotopic (exact) mass is 281 g/mol. The van der Waals surface area contributed by atoms with E-state index in [9.17, 15) is 9.90 Å². The molecule has 6 heteroatoms. The van der Waals surface area contributed by atoms with Gasteiger partial charge in [-0.2, -0.15) is 0 Å². The molecule has 1 unspecified atom stereocenters. The van der Waals surface area contributed by atoms with Crippen LogP contribution >= 0.6 is 11.6 Å². The van der Waals surface area contributed by atoms with Crippen molar-refractivity contribution in [3.05, 3.63) is 39.4 Å². The summed E-state index contributed by atoms with van der Waals surface area (Å²) in [4.78, 5) is 20.9. The zero-order chi connectivity index (χ0) is 14.0. The molecule has 102 valence electrons. The molecular weight excluding hydrogens is 266 g/mol. The van der Waals surface area contributed by atoms with Crippen molar-refractivity contribution in [2.75, 3.05) is 13.6 Å². The average Bonchev–Trinajstić information content (AvgIpc) is 2.29. The summed E-state index contributed by atoms with van der Waals surface area (Å²) in [5.41, 5.74) is 0.418. The van der Waals surface area contributed by atoms with Gasteiger partial charge in [0, 0.05) is 11.6 Å². The van der Waals surface area contributed by atoms with Crippen molar-refractivity contribution in [1.82, 2.24) is 14.9 Å². The molecule has 0 fully saturated rings. The molecule has 5 nitrogen and oxygen atoms in total. The van der Waals surface area contributed by atoms with Gasteiger partial charge in [-0.15, -0.1) is 0 Å². The SMILES string of the molecule is CC(O)CN(C)Cc1nc2ccc(Cl)cc2c(=O)[nH]1. The zero-order valence-electron chi connectivity index (χ0n) is 10.9. The standard InChI is InChI=1S/C13H16ClN3O2/c1-8(18)6-17(2)7-12-15-11-4-3-9(14)5-10(11)13(19)16-12/h3-5,8,18H,6-7H2,1-2H3,(H,15,16,19). The van der Waals surface area contributed by atoms with Gasteiger partial charge < -0.3 is 10.1 Å². The fourth-order valence-electron chi connectivity index (χ4n) is 2.01. The summed E-state index contributed by atoms with van der Waals surface area (Å²) < 4.78 is 0. The highest BCUT2D eigenvalue weighted by Gasteiger charge is 2.08. The van der Waals surface area contributed by atoms with Crippen LogP contribution in [0, 0.1) is 0 Å². The van der Waals surface area contributed by atoms with Crippen molar-refractivity contribution < 1.29 is 5.11 Å². The van der Waals surface area contributed by atoms with Crippen molar-refractivity contribution in [2.45, 2.75) is 19.6 Å². The summed E-state index contributed by atoms with van der Waals surface area (Å²) in [6.45, 7) is 2.70. The first-order chi connectivity index (χ1) is 8.95. The fraction of sp³-hybridized carbons (Fsp3) is 0.385. The number of likely N-dealkylation sites (N-methyl/N-ethyl adjacent to an activating group) is 1. The van der Waals surface area contributed by atoms with Crippen molar-refractivity contribution in [2.24, 2.45) is 0 Å². The number of halogens is 1. The maximum atomic E-state index is 11.9. The summed E-state index contributed by atoms with van der Waals surface area (Å²) in [5, 5.41) is 10.3. The molecule has 0 radical (unpaired) electrons. The van der Waals surface area contributed by atoms with Crippen molar-refractivity contribution in [3.8, 4) is 0 Å². The molecule has 0 aliphatic heterocycles. The Labute approximate surface area is 115 Å². The smallest absolute Gasteiger partial charge is 0.258 e. The maximum absolute atomic E-state index is 11.9. The van der Waals surface area contributed by atoms with Gasteiger partial charge in [0.15, 0.2) is 0 Å². The Hall–Kier alpha value is -1.43. The number of rotatable bonds is 4. The van der Waals surface area contributed by atoms with E-state index in [1.165, 1.54) is 0 Å². The summed E-state index contributed by atoms with van der Waals surface area (Å²) >= 11 is 5.86. The molecule has 1 aromatic carbocycles. The molecule has 0 amide bonds. The molecule has 2 aromatic rings. The minimum absolute atomic E-state index is 0.201. The third-order valence-electron chi connectivity index (χ3n) is 2.71. The first-order valence-corrected chi connectivity index (χ1v) is 6.38. The number of aromatic nitrogens is 2. The van der Waals surface area contributed by atoms with E-state index < -0.39 is 6.10 Å². The minimum atomic E-state index is -0.420. The molecular formula is C13H16ClN3O2. The van der Waals surface area contributed by atoms with Crippen LogP contribution in [0.5, 0.6) is 0 Å². The predicted molar refractivity (Wildman–Crippen MR) is 75.4 cm³/mol. The molecule has 1 aromatic heterocycles. The number of aliphatic hydroxyl groups is 1. The fourth-order valence-corrected chi connectivity index (χ4v) is 2.18. The second kappa shape index (κ2) is 5.69. The van der Waals surface area contributed by atoms with Gasteiger partial charge in [-0.25, -0.2) is 4.98 Å². The summed E-state index contributed by atoms with van der Waals surface area (Å²) in [7, 11) is 1.86. The number of hydrogen-bond acceptors (Lipinski definition) is 4. The normalized spacial score (nSPS) is 13.1. The molecule has 0 bridgehead atoms. The Morgan fingerprint density at radius 2 is 2.26 bits per heavy atom. The van der Waals surface area contributed by atoms with E-state index in [1.54, 1.807) is 25.1 Å². The quantitative estimate of drug-likeness (QED) is 0.889. The van der Waals surface area contributed by atoms with Gasteiger partial charge in [0.2, 0.25) is 0 Å². The van der Waals surface area contributed by atoms with Gasteiger partial charge in [0.1, 0.15) is 5.82 Å². The lowest BCUT2D eigenvalue weighted by Crippen LogP contribution is -2.28. The van der Waals surface area contributed by atoms with E-state index >= 15 is 0 Å². The summed E-state index contributed by atoms with van der Waals surface area (Å²) in [6.07, 6.45) is -0.420. The van der Waals surface area contributed by atoms with Crippen LogP contribution in [0.15, 0.2) is 23.0 Å². The second-order valence-corrected chi connectivity index (χ2v) is 5.16. The number of fused-ring (bicyclic) bond motifs is 1. The van der Waals surface area contributed by atoms with Crippen molar-refractivity contribution >= 4 is 22.5 Å². The van der Waals surface area contributed by atoms with E-state index in [-0.39, 0.29) is 5.56 Å². The topological polar surface area (TPSA) is 69.2 Å². The lowest BCUT2D eigenvalue weighted by molar-refractivity contribution is 0.137. The van der Waals surface area contributed by atoms with Gasteiger partial charge in [0.05, 0.1) is 23.6 Å². The minimum Gasteiger partial charge on any atom is -0.392 e. The van der Waals surface area contributed by atoms with Crippen LogP contribution in [0.3, 0.4) is 0 Å². The molecule has 2 rings (SSSR count). The van der Waals surface area contributed by atoms with E-state index in [0.717, 1.165) is 0 Å². The highest BCUT2D eigenvalue weighted by Crippen LogP contribution is 2.14. The molecule has 0 aliphatic carbocycles. The highest BCUT2D eigenvalue weighted by atomic mass is 35.5. The van der Waals surface area contributed by atoms with Gasteiger partial charge in [-0.1, -0.05) is 11.6 Å². The Balaban J connectivity index is 2.31. The molecule has 0 saturated heterocycles. The highest BCUT2D eigenvalue weighted by molar-refractivity contribution is 6.31. The average molecular weight is 282 g/mol. The molecule has 19 heavy (non-hydrogen) atoms. The van der Waals surface area contributed by atoms with E-state index in [2.05, 4.69) is 9.97 Å². The van der Waals surface area contributed by atoms with Crippen LogP contribution in [-0.2, 0) is 6.54 Å². The van der Waals surface area contributed by atoms with Crippen LogP contribution in [-0.4, -0.2) is 39.7 Å². The van der Waals surface area contributed by atoms with Gasteiger partial charge in [0.25, 0.3) is 5.56 Å². The van der Waals surface area contributed by atoms with Crippen LogP contribution in [0.25, 0.3) is 10.9 Å². The summed E-state index contributed by atoms with van der Waals surface area (Å²) in [6, 6.07) is 5.04. The molecule has 1 heterocycles. The molecule has 0 spiro atoms. The maximum Gasteiger partial charge on any atom is 0.258 e. The number of aromatic amines is 1. The Morgan fingerprint density at radius 1 is 1.53 bits per heavy atom.